The molecule has 182 valence electrons. The van der Waals surface area contributed by atoms with E-state index in [4.69, 9.17) is 13.9 Å². The van der Waals surface area contributed by atoms with Crippen LogP contribution in [-0.4, -0.2) is 25.2 Å². The van der Waals surface area contributed by atoms with Crippen LogP contribution in [0.2, 0.25) is 0 Å². The average molecular weight is 530 g/mol. The van der Waals surface area contributed by atoms with E-state index in [1.54, 1.807) is 19.9 Å². The van der Waals surface area contributed by atoms with Gasteiger partial charge >= 0.3 is 11.9 Å². The Hall–Kier alpha value is -2.80. The zero-order valence-electron chi connectivity index (χ0n) is 20.5. The van der Waals surface area contributed by atoms with Crippen molar-refractivity contribution in [2.45, 2.75) is 47.5 Å². The fraction of sp³-hybridized carbons (Fsp3) is 0.407. The molecule has 2 aromatic rings. The number of dihydropyridines is 1. The predicted octanol–water partition coefficient (Wildman–Crippen LogP) is 6.34. The number of benzene rings is 1. The quantitative estimate of drug-likeness (QED) is 0.402. The summed E-state index contributed by atoms with van der Waals surface area (Å²) in [7, 11) is 0. The van der Waals surface area contributed by atoms with Crippen molar-refractivity contribution in [1.29, 1.82) is 0 Å². The highest BCUT2D eigenvalue weighted by molar-refractivity contribution is 9.10. The Morgan fingerprint density at radius 3 is 1.85 bits per heavy atom. The van der Waals surface area contributed by atoms with E-state index in [-0.39, 0.29) is 25.0 Å². The molecule has 1 aliphatic heterocycles. The molecule has 0 spiro atoms. The number of rotatable bonds is 8. The minimum Gasteiger partial charge on any atom is -0.462 e. The zero-order valence-corrected chi connectivity index (χ0v) is 22.1. The molecular weight excluding hydrogens is 498 g/mol. The Morgan fingerprint density at radius 2 is 1.38 bits per heavy atom. The van der Waals surface area contributed by atoms with Crippen LogP contribution < -0.4 is 5.32 Å². The van der Waals surface area contributed by atoms with E-state index < -0.39 is 17.9 Å². The summed E-state index contributed by atoms with van der Waals surface area (Å²) < 4.78 is 18.3. The first-order valence-electron chi connectivity index (χ1n) is 11.5. The molecule has 1 aromatic heterocycles. The normalized spacial score (nSPS) is 14.6. The second kappa shape index (κ2) is 11.1. The van der Waals surface area contributed by atoms with Crippen LogP contribution in [0.3, 0.4) is 0 Å². The Labute approximate surface area is 209 Å². The van der Waals surface area contributed by atoms with Crippen LogP contribution in [0, 0.1) is 11.8 Å². The van der Waals surface area contributed by atoms with Gasteiger partial charge in [0.05, 0.1) is 30.3 Å². The molecule has 0 atom stereocenters. The van der Waals surface area contributed by atoms with Gasteiger partial charge in [-0.05, 0) is 49.9 Å². The number of allylic oxidation sites excluding steroid dienone is 2. The number of carbonyl (C=O) groups excluding carboxylic acids is 2. The van der Waals surface area contributed by atoms with Gasteiger partial charge in [0.1, 0.15) is 11.5 Å². The first-order valence-corrected chi connectivity index (χ1v) is 12.3. The second-order valence-corrected chi connectivity index (χ2v) is 10.2. The summed E-state index contributed by atoms with van der Waals surface area (Å²) in [6.45, 7) is 12.1. The number of esters is 2. The number of ether oxygens (including phenoxy) is 2. The first kappa shape index (κ1) is 25.8. The summed E-state index contributed by atoms with van der Waals surface area (Å²) in [6.07, 6.45) is 0. The van der Waals surface area contributed by atoms with Gasteiger partial charge in [-0.1, -0.05) is 55.8 Å². The van der Waals surface area contributed by atoms with Gasteiger partial charge in [-0.15, -0.1) is 0 Å². The molecule has 1 aromatic carbocycles. The molecule has 0 unspecified atom stereocenters. The van der Waals surface area contributed by atoms with Gasteiger partial charge in [0.15, 0.2) is 0 Å². The summed E-state index contributed by atoms with van der Waals surface area (Å²) in [5, 5.41) is 3.17. The maximum absolute atomic E-state index is 13.2. The zero-order chi connectivity index (χ0) is 25.0. The van der Waals surface area contributed by atoms with E-state index in [2.05, 4.69) is 21.2 Å². The number of nitrogens with one attached hydrogen (secondary N) is 1. The van der Waals surface area contributed by atoms with Gasteiger partial charge < -0.3 is 19.2 Å². The summed E-state index contributed by atoms with van der Waals surface area (Å²) >= 11 is 3.44. The molecule has 0 fully saturated rings. The monoisotopic (exact) mass is 529 g/mol. The van der Waals surface area contributed by atoms with Gasteiger partial charge in [0.25, 0.3) is 0 Å². The third-order valence-electron chi connectivity index (χ3n) is 5.34. The Balaban J connectivity index is 2.06. The van der Waals surface area contributed by atoms with Crippen LogP contribution in [0.5, 0.6) is 0 Å². The van der Waals surface area contributed by atoms with Gasteiger partial charge in [-0.25, -0.2) is 9.59 Å². The molecule has 3 rings (SSSR count). The number of hydrogen-bond donors (Lipinski definition) is 1. The minimum absolute atomic E-state index is 0.181. The lowest BCUT2D eigenvalue weighted by molar-refractivity contribution is -0.141. The largest absolute Gasteiger partial charge is 0.462 e. The topological polar surface area (TPSA) is 77.8 Å². The summed E-state index contributed by atoms with van der Waals surface area (Å²) in [5.74, 6) is -0.226. The van der Waals surface area contributed by atoms with Gasteiger partial charge in [0.2, 0.25) is 0 Å². The smallest absolute Gasteiger partial charge is 0.336 e. The van der Waals surface area contributed by atoms with E-state index in [0.29, 0.717) is 34.1 Å². The molecule has 34 heavy (non-hydrogen) atoms. The Bertz CT molecular complexity index is 1060. The molecule has 7 heteroatoms. The molecule has 0 aliphatic carbocycles. The van der Waals surface area contributed by atoms with Crippen molar-refractivity contribution in [1.82, 2.24) is 5.32 Å². The highest BCUT2D eigenvalue weighted by Crippen LogP contribution is 2.41. The first-order chi connectivity index (χ1) is 16.1. The van der Waals surface area contributed by atoms with Crippen molar-refractivity contribution >= 4 is 27.9 Å². The van der Waals surface area contributed by atoms with Crippen LogP contribution in [0.4, 0.5) is 0 Å². The molecule has 2 heterocycles. The summed E-state index contributed by atoms with van der Waals surface area (Å²) in [4.78, 5) is 26.4. The van der Waals surface area contributed by atoms with Gasteiger partial charge in [0, 0.05) is 21.4 Å². The highest BCUT2D eigenvalue weighted by Gasteiger charge is 2.40. The van der Waals surface area contributed by atoms with E-state index in [1.807, 2.05) is 58.0 Å². The summed E-state index contributed by atoms with van der Waals surface area (Å²) in [6, 6.07) is 11.4. The van der Waals surface area contributed by atoms with Crippen molar-refractivity contribution in [2.75, 3.05) is 13.2 Å². The fourth-order valence-corrected chi connectivity index (χ4v) is 4.00. The summed E-state index contributed by atoms with van der Waals surface area (Å²) in [5.41, 5.74) is 2.83. The molecule has 0 amide bonds. The predicted molar refractivity (Wildman–Crippen MR) is 135 cm³/mol. The lowest BCUT2D eigenvalue weighted by Crippen LogP contribution is -2.33. The van der Waals surface area contributed by atoms with Crippen molar-refractivity contribution in [3.63, 3.8) is 0 Å². The highest BCUT2D eigenvalue weighted by atomic mass is 79.9. The van der Waals surface area contributed by atoms with Crippen LogP contribution in [0.25, 0.3) is 11.3 Å². The molecule has 0 saturated heterocycles. The number of halogens is 1. The van der Waals surface area contributed by atoms with Crippen molar-refractivity contribution in [3.05, 3.63) is 69.2 Å². The standard InChI is InChI=1S/C27H32BrNO5/c1-15(2)13-32-26(30)23-17(5)29-18(6)24(27(31)33-14-16(3)4)25(23)22-12-11-21(34-22)19-7-9-20(28)10-8-19/h7-12,15-16,25,29H,13-14H2,1-6H3. The van der Waals surface area contributed by atoms with Crippen molar-refractivity contribution < 1.29 is 23.5 Å². The molecule has 1 aliphatic rings. The molecule has 0 saturated carbocycles. The Morgan fingerprint density at radius 1 is 0.882 bits per heavy atom. The van der Waals surface area contributed by atoms with Crippen LogP contribution in [-0.2, 0) is 19.1 Å². The van der Waals surface area contributed by atoms with Crippen molar-refractivity contribution in [2.24, 2.45) is 11.8 Å². The lowest BCUT2D eigenvalue weighted by atomic mass is 9.83. The maximum atomic E-state index is 13.2. The van der Waals surface area contributed by atoms with E-state index in [9.17, 15) is 9.59 Å². The molecule has 0 radical (unpaired) electrons. The number of hydrogen-bond acceptors (Lipinski definition) is 6. The van der Waals surface area contributed by atoms with Crippen LogP contribution >= 0.6 is 15.9 Å². The van der Waals surface area contributed by atoms with E-state index >= 15 is 0 Å². The Kier molecular flexibility index (Phi) is 8.42. The van der Waals surface area contributed by atoms with Crippen LogP contribution in [0.15, 0.2) is 67.8 Å². The molecule has 1 N–H and O–H groups in total. The SMILES string of the molecule is CC1=C(C(=O)OCC(C)C)C(c2ccc(-c3ccc(Br)cc3)o2)C(C(=O)OCC(C)C)=C(C)N1. The molecule has 0 bridgehead atoms. The van der Waals surface area contributed by atoms with E-state index in [0.717, 1.165) is 10.0 Å². The molecule has 6 nitrogen and oxygen atoms in total. The van der Waals surface area contributed by atoms with Crippen LogP contribution in [0.1, 0.15) is 53.2 Å². The minimum atomic E-state index is -0.746. The van der Waals surface area contributed by atoms with Crippen molar-refractivity contribution in [3.8, 4) is 11.3 Å². The molecular formula is C27H32BrNO5. The lowest BCUT2D eigenvalue weighted by Gasteiger charge is -2.29. The van der Waals surface area contributed by atoms with Gasteiger partial charge in [-0.2, -0.15) is 0 Å². The fourth-order valence-electron chi connectivity index (χ4n) is 3.74. The third kappa shape index (κ3) is 6.00. The number of carbonyl (C=O) groups is 2. The maximum Gasteiger partial charge on any atom is 0.336 e. The van der Waals surface area contributed by atoms with Gasteiger partial charge in [-0.3, -0.25) is 0 Å². The average Bonchev–Trinajstić information content (AvgIpc) is 3.25. The van der Waals surface area contributed by atoms with E-state index in [1.165, 1.54) is 0 Å². The number of furan rings is 1. The third-order valence-corrected chi connectivity index (χ3v) is 5.86. The second-order valence-electron chi connectivity index (χ2n) is 9.33.